The molecule has 0 aromatic heterocycles. The second-order valence-electron chi connectivity index (χ2n) is 5.49. The van der Waals surface area contributed by atoms with Gasteiger partial charge < -0.3 is 10.7 Å². The molecule has 2 aliphatic heterocycles. The molecule has 0 atom stereocenters. The molecule has 2 aliphatic rings. The third kappa shape index (κ3) is 2.97. The van der Waals surface area contributed by atoms with Crippen molar-refractivity contribution in [3.05, 3.63) is 27.8 Å². The Labute approximate surface area is 122 Å². The maximum absolute atomic E-state index is 11.5. The molecule has 21 heavy (non-hydrogen) atoms. The number of anilines is 2. The predicted octanol–water partition coefficient (Wildman–Crippen LogP) is 2.29. The second-order valence-corrected chi connectivity index (χ2v) is 5.49. The van der Waals surface area contributed by atoms with E-state index < -0.39 is 0 Å². The SMILES string of the molecule is O=C1CCc2cc([N+](=O)[O-])c(NN3CCCCC3)cc2N1. The van der Waals surface area contributed by atoms with Crippen LogP contribution in [-0.2, 0) is 11.2 Å². The molecular formula is C14H18N4O3. The highest BCUT2D eigenvalue weighted by Gasteiger charge is 2.23. The van der Waals surface area contributed by atoms with E-state index in [1.54, 1.807) is 12.1 Å². The van der Waals surface area contributed by atoms with Crippen molar-refractivity contribution in [2.45, 2.75) is 32.1 Å². The molecule has 0 saturated carbocycles. The number of nitrogens with zero attached hydrogens (tertiary/aromatic N) is 2. The van der Waals surface area contributed by atoms with Crippen molar-refractivity contribution < 1.29 is 9.72 Å². The number of rotatable bonds is 3. The first-order chi connectivity index (χ1) is 10.1. The summed E-state index contributed by atoms with van der Waals surface area (Å²) in [7, 11) is 0. The van der Waals surface area contributed by atoms with E-state index in [4.69, 9.17) is 0 Å². The van der Waals surface area contributed by atoms with Gasteiger partial charge in [0, 0.05) is 31.3 Å². The number of fused-ring (bicyclic) bond motifs is 1. The zero-order valence-electron chi connectivity index (χ0n) is 11.7. The van der Waals surface area contributed by atoms with Crippen LogP contribution in [0, 0.1) is 10.1 Å². The number of hydrogen-bond acceptors (Lipinski definition) is 5. The van der Waals surface area contributed by atoms with E-state index in [1.807, 2.05) is 5.01 Å². The molecule has 7 heteroatoms. The lowest BCUT2D eigenvalue weighted by molar-refractivity contribution is -0.384. The second kappa shape index (κ2) is 5.69. The van der Waals surface area contributed by atoms with Crippen LogP contribution >= 0.6 is 0 Å². The summed E-state index contributed by atoms with van der Waals surface area (Å²) in [6, 6.07) is 3.25. The highest BCUT2D eigenvalue weighted by Crippen LogP contribution is 2.34. The summed E-state index contributed by atoms with van der Waals surface area (Å²) in [5, 5.41) is 16.1. The monoisotopic (exact) mass is 290 g/mol. The molecule has 1 aromatic rings. The van der Waals surface area contributed by atoms with Crippen molar-refractivity contribution in [2.75, 3.05) is 23.8 Å². The average Bonchev–Trinajstić information content (AvgIpc) is 2.47. The minimum Gasteiger partial charge on any atom is -0.326 e. The summed E-state index contributed by atoms with van der Waals surface area (Å²) in [4.78, 5) is 22.4. The van der Waals surface area contributed by atoms with Gasteiger partial charge in [0.15, 0.2) is 0 Å². The van der Waals surface area contributed by atoms with Crippen LogP contribution in [-0.4, -0.2) is 28.9 Å². The molecule has 1 aromatic carbocycles. The van der Waals surface area contributed by atoms with Gasteiger partial charge >= 0.3 is 0 Å². The fourth-order valence-corrected chi connectivity index (χ4v) is 2.83. The summed E-state index contributed by atoms with van der Waals surface area (Å²) in [5.41, 5.74) is 5.15. The van der Waals surface area contributed by atoms with Crippen LogP contribution in [0.3, 0.4) is 0 Å². The number of aryl methyl sites for hydroxylation is 1. The lowest BCUT2D eigenvalue weighted by Crippen LogP contribution is -2.35. The van der Waals surface area contributed by atoms with Gasteiger partial charge in [-0.25, -0.2) is 5.01 Å². The maximum atomic E-state index is 11.5. The standard InChI is InChI=1S/C14H18N4O3/c19-14-5-4-10-8-13(18(20)21)12(9-11(10)15-14)16-17-6-2-1-3-7-17/h8-9,16H,1-7H2,(H,15,19). The minimum atomic E-state index is -0.372. The van der Waals surface area contributed by atoms with Gasteiger partial charge in [0.25, 0.3) is 5.69 Å². The fraction of sp³-hybridized carbons (Fsp3) is 0.500. The van der Waals surface area contributed by atoms with Crippen molar-refractivity contribution in [3.63, 3.8) is 0 Å². The zero-order chi connectivity index (χ0) is 14.8. The molecule has 0 spiro atoms. The van der Waals surface area contributed by atoms with Gasteiger partial charge in [0.1, 0.15) is 5.69 Å². The Morgan fingerprint density at radius 2 is 1.95 bits per heavy atom. The number of carbonyl (C=O) groups excluding carboxylic acids is 1. The van der Waals surface area contributed by atoms with E-state index in [0.717, 1.165) is 31.5 Å². The summed E-state index contributed by atoms with van der Waals surface area (Å²) >= 11 is 0. The molecule has 2 N–H and O–H groups in total. The molecule has 1 saturated heterocycles. The van der Waals surface area contributed by atoms with Gasteiger partial charge in [-0.3, -0.25) is 14.9 Å². The Morgan fingerprint density at radius 1 is 1.19 bits per heavy atom. The summed E-state index contributed by atoms with van der Waals surface area (Å²) in [6.45, 7) is 1.75. The smallest absolute Gasteiger partial charge is 0.294 e. The Balaban J connectivity index is 1.91. The van der Waals surface area contributed by atoms with Crippen LogP contribution in [0.1, 0.15) is 31.2 Å². The van der Waals surface area contributed by atoms with E-state index in [2.05, 4.69) is 10.7 Å². The molecule has 0 radical (unpaired) electrons. The predicted molar refractivity (Wildman–Crippen MR) is 79.1 cm³/mol. The molecule has 0 unspecified atom stereocenters. The number of hydrogen-bond donors (Lipinski definition) is 2. The minimum absolute atomic E-state index is 0.0414. The van der Waals surface area contributed by atoms with Gasteiger partial charge in [0.05, 0.1) is 4.92 Å². The van der Waals surface area contributed by atoms with E-state index in [0.29, 0.717) is 24.2 Å². The van der Waals surface area contributed by atoms with Gasteiger partial charge in [0.2, 0.25) is 5.91 Å². The van der Waals surface area contributed by atoms with Crippen LogP contribution in [0.4, 0.5) is 17.1 Å². The Morgan fingerprint density at radius 3 is 2.67 bits per heavy atom. The van der Waals surface area contributed by atoms with E-state index in [1.165, 1.54) is 6.42 Å². The van der Waals surface area contributed by atoms with Crippen molar-refractivity contribution in [1.82, 2.24) is 5.01 Å². The zero-order valence-corrected chi connectivity index (χ0v) is 11.7. The number of nitro benzene ring substituents is 1. The number of hydrazine groups is 1. The van der Waals surface area contributed by atoms with Crippen LogP contribution in [0.2, 0.25) is 0 Å². The molecule has 1 fully saturated rings. The molecule has 7 nitrogen and oxygen atoms in total. The number of nitro groups is 1. The molecule has 1 amide bonds. The normalized spacial score (nSPS) is 18.8. The number of nitrogens with one attached hydrogen (secondary N) is 2. The first-order valence-electron chi connectivity index (χ1n) is 7.26. The third-order valence-electron chi connectivity index (χ3n) is 3.95. The Hall–Kier alpha value is -2.15. The molecule has 2 heterocycles. The Kier molecular flexibility index (Phi) is 3.74. The van der Waals surface area contributed by atoms with Gasteiger partial charge in [-0.1, -0.05) is 6.42 Å². The third-order valence-corrected chi connectivity index (χ3v) is 3.95. The highest BCUT2D eigenvalue weighted by molar-refractivity contribution is 5.95. The number of benzene rings is 1. The lowest BCUT2D eigenvalue weighted by Gasteiger charge is -2.28. The van der Waals surface area contributed by atoms with E-state index >= 15 is 0 Å². The largest absolute Gasteiger partial charge is 0.326 e. The number of carbonyl (C=O) groups is 1. The van der Waals surface area contributed by atoms with Crippen molar-refractivity contribution in [1.29, 1.82) is 0 Å². The van der Waals surface area contributed by atoms with Crippen LogP contribution in [0.25, 0.3) is 0 Å². The quantitative estimate of drug-likeness (QED) is 0.658. The van der Waals surface area contributed by atoms with E-state index in [-0.39, 0.29) is 16.5 Å². The van der Waals surface area contributed by atoms with Crippen LogP contribution in [0.15, 0.2) is 12.1 Å². The molecule has 3 rings (SSSR count). The number of piperidine rings is 1. The first kappa shape index (κ1) is 13.8. The Bertz CT molecular complexity index is 582. The molecular weight excluding hydrogens is 272 g/mol. The van der Waals surface area contributed by atoms with Gasteiger partial charge in [-0.05, 0) is 30.9 Å². The summed E-state index contributed by atoms with van der Waals surface area (Å²) in [5.74, 6) is -0.0414. The number of amides is 1. The van der Waals surface area contributed by atoms with E-state index in [9.17, 15) is 14.9 Å². The molecule has 0 bridgehead atoms. The maximum Gasteiger partial charge on any atom is 0.294 e. The van der Waals surface area contributed by atoms with Crippen molar-refractivity contribution >= 4 is 23.0 Å². The van der Waals surface area contributed by atoms with Crippen LogP contribution < -0.4 is 10.7 Å². The summed E-state index contributed by atoms with van der Waals surface area (Å²) in [6.07, 6.45) is 4.29. The van der Waals surface area contributed by atoms with Crippen molar-refractivity contribution in [2.24, 2.45) is 0 Å². The van der Waals surface area contributed by atoms with Gasteiger partial charge in [-0.15, -0.1) is 0 Å². The fourth-order valence-electron chi connectivity index (χ4n) is 2.83. The average molecular weight is 290 g/mol. The first-order valence-corrected chi connectivity index (χ1v) is 7.26. The summed E-state index contributed by atoms with van der Waals surface area (Å²) < 4.78 is 0. The molecule has 0 aliphatic carbocycles. The highest BCUT2D eigenvalue weighted by atomic mass is 16.6. The van der Waals surface area contributed by atoms with Crippen LogP contribution in [0.5, 0.6) is 0 Å². The van der Waals surface area contributed by atoms with Gasteiger partial charge in [-0.2, -0.15) is 0 Å². The topological polar surface area (TPSA) is 87.5 Å². The molecule has 112 valence electrons. The lowest BCUT2D eigenvalue weighted by atomic mass is 10.0. The van der Waals surface area contributed by atoms with Crippen molar-refractivity contribution in [3.8, 4) is 0 Å².